The van der Waals surface area contributed by atoms with Crippen LogP contribution >= 0.6 is 0 Å². The van der Waals surface area contributed by atoms with Crippen LogP contribution in [0.5, 0.6) is 5.75 Å². The highest BCUT2D eigenvalue weighted by Gasteiger charge is 2.16. The predicted molar refractivity (Wildman–Crippen MR) is 70.4 cm³/mol. The fourth-order valence-corrected chi connectivity index (χ4v) is 1.48. The lowest BCUT2D eigenvalue weighted by Crippen LogP contribution is -2.36. The fraction of sp³-hybridized carbons (Fsp3) is 0.500. The minimum atomic E-state index is -0.679. The van der Waals surface area contributed by atoms with Crippen LogP contribution in [0.15, 0.2) is 30.3 Å². The van der Waals surface area contributed by atoms with Crippen molar-refractivity contribution in [1.82, 2.24) is 0 Å². The van der Waals surface area contributed by atoms with Crippen LogP contribution < -0.4 is 10.5 Å². The molecule has 1 amide bonds. The minimum absolute atomic E-state index is 0.158. The Morgan fingerprint density at radius 2 is 2.00 bits per heavy atom. The molecular weight excluding hydrogens is 230 g/mol. The summed E-state index contributed by atoms with van der Waals surface area (Å²) >= 11 is 0. The van der Waals surface area contributed by atoms with Crippen LogP contribution in [0.4, 0.5) is 0 Å². The molecule has 100 valence electrons. The summed E-state index contributed by atoms with van der Waals surface area (Å²) in [4.78, 5) is 11.2. The molecule has 0 aliphatic heterocycles. The maximum absolute atomic E-state index is 11.2. The second kappa shape index (κ2) is 8.53. The maximum Gasteiger partial charge on any atom is 0.250 e. The molecule has 2 N–H and O–H groups in total. The highest BCUT2D eigenvalue weighted by atomic mass is 16.5. The van der Waals surface area contributed by atoms with E-state index in [0.717, 1.165) is 19.3 Å². The lowest BCUT2D eigenvalue weighted by atomic mass is 10.2. The third-order valence-corrected chi connectivity index (χ3v) is 2.53. The van der Waals surface area contributed by atoms with Gasteiger partial charge in [-0.25, -0.2) is 0 Å². The number of carbonyl (C=O) groups is 1. The number of rotatable bonds is 9. The van der Waals surface area contributed by atoms with Gasteiger partial charge in [-0.1, -0.05) is 38.0 Å². The number of primary amides is 1. The van der Waals surface area contributed by atoms with Gasteiger partial charge < -0.3 is 15.2 Å². The summed E-state index contributed by atoms with van der Waals surface area (Å²) in [5.74, 6) is 0.225. The van der Waals surface area contributed by atoms with Crippen molar-refractivity contribution in [3.8, 4) is 5.75 Å². The minimum Gasteiger partial charge on any atom is -0.490 e. The van der Waals surface area contributed by atoms with Crippen LogP contribution in [0.2, 0.25) is 0 Å². The topological polar surface area (TPSA) is 61.6 Å². The van der Waals surface area contributed by atoms with Crippen LogP contribution in [0.3, 0.4) is 0 Å². The van der Waals surface area contributed by atoms with Crippen LogP contribution in [-0.4, -0.2) is 25.2 Å². The first kappa shape index (κ1) is 14.5. The highest BCUT2D eigenvalue weighted by Crippen LogP contribution is 2.09. The highest BCUT2D eigenvalue weighted by molar-refractivity contribution is 5.79. The number of hydrogen-bond acceptors (Lipinski definition) is 3. The van der Waals surface area contributed by atoms with Crippen LogP contribution in [-0.2, 0) is 9.53 Å². The van der Waals surface area contributed by atoms with Crippen molar-refractivity contribution in [3.05, 3.63) is 30.3 Å². The monoisotopic (exact) mass is 251 g/mol. The zero-order valence-corrected chi connectivity index (χ0v) is 10.8. The predicted octanol–water partition coefficient (Wildman–Crippen LogP) is 2.13. The summed E-state index contributed by atoms with van der Waals surface area (Å²) < 4.78 is 10.9. The molecular formula is C14H21NO3. The third-order valence-electron chi connectivity index (χ3n) is 2.53. The summed E-state index contributed by atoms with van der Waals surface area (Å²) in [6.07, 6.45) is 2.46. The van der Waals surface area contributed by atoms with Gasteiger partial charge in [0.2, 0.25) is 5.91 Å². The molecule has 18 heavy (non-hydrogen) atoms. The molecule has 4 nitrogen and oxygen atoms in total. The van der Waals surface area contributed by atoms with E-state index in [1.165, 1.54) is 0 Å². The van der Waals surface area contributed by atoms with E-state index in [4.69, 9.17) is 15.2 Å². The lowest BCUT2D eigenvalue weighted by molar-refractivity contribution is -0.131. The van der Waals surface area contributed by atoms with E-state index in [1.54, 1.807) is 0 Å². The molecule has 1 atom stereocenters. The van der Waals surface area contributed by atoms with E-state index >= 15 is 0 Å². The molecule has 0 aliphatic rings. The summed E-state index contributed by atoms with van der Waals surface area (Å²) in [6, 6.07) is 9.30. The Labute approximate surface area is 108 Å². The van der Waals surface area contributed by atoms with E-state index in [0.29, 0.717) is 12.4 Å². The SMILES string of the molecule is CCCCCOC(COc1ccccc1)C(N)=O. The molecule has 0 fully saturated rings. The first-order chi connectivity index (χ1) is 8.74. The Morgan fingerprint density at radius 1 is 1.28 bits per heavy atom. The Bertz CT molecular complexity index is 340. The molecule has 0 saturated heterocycles. The summed E-state index contributed by atoms with van der Waals surface area (Å²) in [6.45, 7) is 2.81. The van der Waals surface area contributed by atoms with E-state index in [9.17, 15) is 4.79 Å². The van der Waals surface area contributed by atoms with Gasteiger partial charge in [-0.05, 0) is 18.6 Å². The molecule has 0 heterocycles. The van der Waals surface area contributed by atoms with Gasteiger partial charge in [0.1, 0.15) is 12.4 Å². The molecule has 1 aromatic rings. The molecule has 1 unspecified atom stereocenters. The summed E-state index contributed by atoms with van der Waals surface area (Å²) in [7, 11) is 0. The fourth-order valence-electron chi connectivity index (χ4n) is 1.48. The van der Waals surface area contributed by atoms with Crippen molar-refractivity contribution in [2.24, 2.45) is 5.73 Å². The molecule has 0 radical (unpaired) electrons. The van der Waals surface area contributed by atoms with Gasteiger partial charge in [0.25, 0.3) is 0 Å². The van der Waals surface area contributed by atoms with E-state index in [-0.39, 0.29) is 6.61 Å². The van der Waals surface area contributed by atoms with Crippen molar-refractivity contribution >= 4 is 5.91 Å². The number of para-hydroxylation sites is 1. The molecule has 0 bridgehead atoms. The molecule has 0 aliphatic carbocycles. The molecule has 0 saturated carbocycles. The first-order valence-corrected chi connectivity index (χ1v) is 6.32. The van der Waals surface area contributed by atoms with Crippen molar-refractivity contribution in [3.63, 3.8) is 0 Å². The third kappa shape index (κ3) is 5.68. The van der Waals surface area contributed by atoms with Crippen LogP contribution in [0, 0.1) is 0 Å². The van der Waals surface area contributed by atoms with Gasteiger partial charge in [0, 0.05) is 6.61 Å². The van der Waals surface area contributed by atoms with Gasteiger partial charge in [0.15, 0.2) is 6.10 Å². The number of unbranched alkanes of at least 4 members (excludes halogenated alkanes) is 2. The van der Waals surface area contributed by atoms with E-state index < -0.39 is 12.0 Å². The molecule has 0 aromatic heterocycles. The molecule has 0 spiro atoms. The smallest absolute Gasteiger partial charge is 0.250 e. The molecule has 4 heteroatoms. The largest absolute Gasteiger partial charge is 0.490 e. The Kier molecular flexibility index (Phi) is 6.87. The van der Waals surface area contributed by atoms with E-state index in [2.05, 4.69) is 6.92 Å². The number of benzene rings is 1. The van der Waals surface area contributed by atoms with Gasteiger partial charge in [-0.15, -0.1) is 0 Å². The zero-order chi connectivity index (χ0) is 13.2. The Balaban J connectivity index is 2.32. The van der Waals surface area contributed by atoms with Gasteiger partial charge in [-0.3, -0.25) is 4.79 Å². The second-order valence-corrected chi connectivity index (χ2v) is 4.09. The van der Waals surface area contributed by atoms with Crippen molar-refractivity contribution in [2.45, 2.75) is 32.3 Å². The zero-order valence-electron chi connectivity index (χ0n) is 10.8. The summed E-state index contributed by atoms with van der Waals surface area (Å²) in [5.41, 5.74) is 5.27. The molecule has 1 aromatic carbocycles. The average Bonchev–Trinajstić information content (AvgIpc) is 2.38. The standard InChI is InChI=1S/C14H21NO3/c1-2-3-7-10-17-13(14(15)16)11-18-12-8-5-4-6-9-12/h4-6,8-9,13H,2-3,7,10-11H2,1H3,(H2,15,16). The lowest BCUT2D eigenvalue weighted by Gasteiger charge is -2.15. The van der Waals surface area contributed by atoms with E-state index in [1.807, 2.05) is 30.3 Å². The van der Waals surface area contributed by atoms with Gasteiger partial charge in [-0.2, -0.15) is 0 Å². The van der Waals surface area contributed by atoms with Crippen molar-refractivity contribution in [1.29, 1.82) is 0 Å². The first-order valence-electron chi connectivity index (χ1n) is 6.32. The number of amides is 1. The molecule has 1 rings (SSSR count). The van der Waals surface area contributed by atoms with Crippen LogP contribution in [0.25, 0.3) is 0 Å². The Hall–Kier alpha value is -1.55. The maximum atomic E-state index is 11.2. The number of ether oxygens (including phenoxy) is 2. The number of carbonyl (C=O) groups excluding carboxylic acids is 1. The van der Waals surface area contributed by atoms with Gasteiger partial charge >= 0.3 is 0 Å². The Morgan fingerprint density at radius 3 is 2.61 bits per heavy atom. The number of hydrogen-bond donors (Lipinski definition) is 1. The summed E-state index contributed by atoms with van der Waals surface area (Å²) in [5, 5.41) is 0. The quantitative estimate of drug-likeness (QED) is 0.684. The normalized spacial score (nSPS) is 12.1. The average molecular weight is 251 g/mol. The van der Waals surface area contributed by atoms with Crippen molar-refractivity contribution in [2.75, 3.05) is 13.2 Å². The second-order valence-electron chi connectivity index (χ2n) is 4.09. The van der Waals surface area contributed by atoms with Crippen molar-refractivity contribution < 1.29 is 14.3 Å². The number of nitrogens with two attached hydrogens (primary N) is 1. The van der Waals surface area contributed by atoms with Gasteiger partial charge in [0.05, 0.1) is 0 Å². The van der Waals surface area contributed by atoms with Crippen LogP contribution in [0.1, 0.15) is 26.2 Å².